The number of likely N-dealkylation sites (tertiary alicyclic amines) is 1. The maximum absolute atomic E-state index is 3.90. The van der Waals surface area contributed by atoms with Crippen molar-refractivity contribution in [3.63, 3.8) is 0 Å². The number of hydrogen-bond donors (Lipinski definition) is 0. The molecule has 5 nitrogen and oxygen atoms in total. The van der Waals surface area contributed by atoms with Gasteiger partial charge in [-0.3, -0.25) is 4.57 Å². The van der Waals surface area contributed by atoms with Gasteiger partial charge in [0.1, 0.15) is 12.7 Å². The van der Waals surface area contributed by atoms with Gasteiger partial charge in [-0.25, -0.2) is 0 Å². The molecule has 126 valence electrons. The van der Waals surface area contributed by atoms with Crippen molar-refractivity contribution in [3.05, 3.63) is 43.1 Å². The Hall–Kier alpha value is -2.14. The first-order valence-corrected chi connectivity index (χ1v) is 8.99. The highest BCUT2D eigenvalue weighted by Gasteiger charge is 2.17. The van der Waals surface area contributed by atoms with Gasteiger partial charge in [0.05, 0.1) is 11.2 Å². The fourth-order valence-corrected chi connectivity index (χ4v) is 3.80. The lowest BCUT2D eigenvalue weighted by molar-refractivity contribution is 0.157. The van der Waals surface area contributed by atoms with Crippen LogP contribution in [-0.2, 0) is 6.54 Å². The number of fused-ring (bicyclic) bond motifs is 1. The third-order valence-electron chi connectivity index (χ3n) is 5.26. The minimum absolute atomic E-state index is 0.750. The van der Waals surface area contributed by atoms with Gasteiger partial charge >= 0.3 is 0 Å². The van der Waals surface area contributed by atoms with E-state index in [1.807, 2.05) is 4.57 Å². The summed E-state index contributed by atoms with van der Waals surface area (Å²) in [5.74, 6) is 0. The van der Waals surface area contributed by atoms with Gasteiger partial charge < -0.3 is 9.47 Å². The Morgan fingerprint density at radius 1 is 1.08 bits per heavy atom. The molecule has 1 atom stereocenters. The minimum Gasteiger partial charge on any atom is -0.347 e. The van der Waals surface area contributed by atoms with Crippen LogP contribution < -0.4 is 0 Å². The predicted octanol–water partition coefficient (Wildman–Crippen LogP) is 3.49. The van der Waals surface area contributed by atoms with Gasteiger partial charge in [0, 0.05) is 25.3 Å². The van der Waals surface area contributed by atoms with Crippen LogP contribution in [0.3, 0.4) is 0 Å². The van der Waals surface area contributed by atoms with Crippen LogP contribution in [0.2, 0.25) is 0 Å². The lowest BCUT2D eigenvalue weighted by Gasteiger charge is -2.33. The summed E-state index contributed by atoms with van der Waals surface area (Å²) in [6, 6.07) is 9.47. The standard InChI is InChI=1S/C19H25N5/c1-16-5-2-3-9-22(16)10-4-11-23-12-8-17-6-7-18(13-19(17)23)24-14-20-21-15-24/h6-8,12-16H,2-5,9-11H2,1H3. The van der Waals surface area contributed by atoms with E-state index in [-0.39, 0.29) is 0 Å². The first-order valence-electron chi connectivity index (χ1n) is 8.99. The number of aromatic nitrogens is 4. The average Bonchev–Trinajstić information content (AvgIpc) is 3.26. The quantitative estimate of drug-likeness (QED) is 0.721. The molecule has 1 unspecified atom stereocenters. The molecule has 0 N–H and O–H groups in total. The topological polar surface area (TPSA) is 38.9 Å². The van der Waals surface area contributed by atoms with Gasteiger partial charge in [-0.2, -0.15) is 0 Å². The molecule has 0 aliphatic carbocycles. The monoisotopic (exact) mass is 323 g/mol. The normalized spacial score (nSPS) is 19.1. The number of rotatable bonds is 5. The molecule has 2 aromatic heterocycles. The van der Waals surface area contributed by atoms with Gasteiger partial charge in [0.15, 0.2) is 0 Å². The number of aryl methyl sites for hydroxylation is 1. The van der Waals surface area contributed by atoms with Crippen LogP contribution in [-0.4, -0.2) is 43.4 Å². The van der Waals surface area contributed by atoms with E-state index in [2.05, 4.69) is 57.1 Å². The van der Waals surface area contributed by atoms with E-state index in [0.29, 0.717) is 0 Å². The molecule has 0 radical (unpaired) electrons. The molecule has 3 aromatic rings. The molecule has 1 aliphatic rings. The fourth-order valence-electron chi connectivity index (χ4n) is 3.80. The smallest absolute Gasteiger partial charge is 0.123 e. The first kappa shape index (κ1) is 15.4. The molecule has 5 heteroatoms. The minimum atomic E-state index is 0.750. The Balaban J connectivity index is 1.47. The molecule has 0 spiro atoms. The van der Waals surface area contributed by atoms with Crippen LogP contribution in [0.5, 0.6) is 0 Å². The summed E-state index contributed by atoms with van der Waals surface area (Å²) in [4.78, 5) is 2.65. The Morgan fingerprint density at radius 3 is 2.79 bits per heavy atom. The van der Waals surface area contributed by atoms with Crippen LogP contribution in [0.25, 0.3) is 16.6 Å². The maximum Gasteiger partial charge on any atom is 0.123 e. The first-order chi connectivity index (χ1) is 11.8. The number of benzene rings is 1. The van der Waals surface area contributed by atoms with Crippen molar-refractivity contribution in [2.75, 3.05) is 13.1 Å². The van der Waals surface area contributed by atoms with Crippen LogP contribution in [0.15, 0.2) is 43.1 Å². The molecule has 3 heterocycles. The fraction of sp³-hybridized carbons (Fsp3) is 0.474. The molecule has 1 aromatic carbocycles. The summed E-state index contributed by atoms with van der Waals surface area (Å²) >= 11 is 0. The van der Waals surface area contributed by atoms with Gasteiger partial charge in [-0.05, 0) is 56.3 Å². The average molecular weight is 323 g/mol. The van der Waals surface area contributed by atoms with E-state index in [0.717, 1.165) is 18.3 Å². The highest BCUT2D eigenvalue weighted by Crippen LogP contribution is 2.21. The molecule has 0 bridgehead atoms. The molecule has 0 amide bonds. The SMILES string of the molecule is CC1CCCCN1CCCn1ccc2ccc(-n3cnnc3)cc21. The molecule has 0 saturated carbocycles. The van der Waals surface area contributed by atoms with Gasteiger partial charge in [0.25, 0.3) is 0 Å². The van der Waals surface area contributed by atoms with Crippen LogP contribution >= 0.6 is 0 Å². The van der Waals surface area contributed by atoms with Crippen LogP contribution in [0.1, 0.15) is 32.6 Å². The van der Waals surface area contributed by atoms with Gasteiger partial charge in [0.2, 0.25) is 0 Å². The second-order valence-corrected chi connectivity index (χ2v) is 6.86. The second-order valence-electron chi connectivity index (χ2n) is 6.86. The summed E-state index contributed by atoms with van der Waals surface area (Å²) in [6.07, 6.45) is 11.0. The van der Waals surface area contributed by atoms with Crippen molar-refractivity contribution in [3.8, 4) is 5.69 Å². The third kappa shape index (κ3) is 3.08. The summed E-state index contributed by atoms with van der Waals surface area (Å²) < 4.78 is 4.32. The molecule has 1 saturated heterocycles. The van der Waals surface area contributed by atoms with E-state index in [9.17, 15) is 0 Å². The third-order valence-corrected chi connectivity index (χ3v) is 5.26. The summed E-state index contributed by atoms with van der Waals surface area (Å²) in [5.41, 5.74) is 2.39. The molecule has 1 aliphatic heterocycles. The van der Waals surface area contributed by atoms with Crippen molar-refractivity contribution >= 4 is 10.9 Å². The largest absolute Gasteiger partial charge is 0.347 e. The number of hydrogen-bond acceptors (Lipinski definition) is 3. The van der Waals surface area contributed by atoms with Crippen molar-refractivity contribution in [1.82, 2.24) is 24.2 Å². The Morgan fingerprint density at radius 2 is 1.96 bits per heavy atom. The van der Waals surface area contributed by atoms with E-state index < -0.39 is 0 Å². The lowest BCUT2D eigenvalue weighted by Crippen LogP contribution is -2.38. The molecule has 24 heavy (non-hydrogen) atoms. The van der Waals surface area contributed by atoms with Crippen molar-refractivity contribution in [1.29, 1.82) is 0 Å². The highest BCUT2D eigenvalue weighted by molar-refractivity contribution is 5.82. The zero-order valence-corrected chi connectivity index (χ0v) is 14.3. The van der Waals surface area contributed by atoms with Gasteiger partial charge in [-0.1, -0.05) is 12.5 Å². The Bertz CT molecular complexity index is 789. The molecule has 4 rings (SSSR count). The summed E-state index contributed by atoms with van der Waals surface area (Å²) in [6.45, 7) is 5.91. The predicted molar refractivity (Wildman–Crippen MR) is 96.4 cm³/mol. The highest BCUT2D eigenvalue weighted by atomic mass is 15.2. The van der Waals surface area contributed by atoms with E-state index >= 15 is 0 Å². The lowest BCUT2D eigenvalue weighted by atomic mass is 10.0. The van der Waals surface area contributed by atoms with Crippen LogP contribution in [0.4, 0.5) is 0 Å². The zero-order valence-electron chi connectivity index (χ0n) is 14.3. The Kier molecular flexibility index (Phi) is 4.34. The van der Waals surface area contributed by atoms with Crippen molar-refractivity contribution in [2.45, 2.75) is 45.2 Å². The van der Waals surface area contributed by atoms with E-state index in [1.165, 1.54) is 49.7 Å². The summed E-state index contributed by atoms with van der Waals surface area (Å²) in [7, 11) is 0. The number of piperidine rings is 1. The molecular formula is C19H25N5. The van der Waals surface area contributed by atoms with Crippen molar-refractivity contribution < 1.29 is 0 Å². The molecule has 1 fully saturated rings. The second kappa shape index (κ2) is 6.77. The molecular weight excluding hydrogens is 298 g/mol. The van der Waals surface area contributed by atoms with Crippen LogP contribution in [0, 0.1) is 0 Å². The zero-order chi connectivity index (χ0) is 16.4. The summed E-state index contributed by atoms with van der Waals surface area (Å²) in [5, 5.41) is 9.09. The van der Waals surface area contributed by atoms with Crippen molar-refractivity contribution in [2.24, 2.45) is 0 Å². The Labute approximate surface area is 142 Å². The van der Waals surface area contributed by atoms with Gasteiger partial charge in [-0.15, -0.1) is 10.2 Å². The maximum atomic E-state index is 3.90. The number of nitrogens with zero attached hydrogens (tertiary/aromatic N) is 5. The van der Waals surface area contributed by atoms with E-state index in [1.54, 1.807) is 12.7 Å². The van der Waals surface area contributed by atoms with E-state index in [4.69, 9.17) is 0 Å².